The second-order valence-corrected chi connectivity index (χ2v) is 8.30. The fraction of sp³-hybridized carbons (Fsp3) is 0.292. The number of aromatic nitrogens is 5. The second-order valence-electron chi connectivity index (χ2n) is 8.30. The van der Waals surface area contributed by atoms with Crippen molar-refractivity contribution in [3.63, 3.8) is 0 Å². The van der Waals surface area contributed by atoms with Gasteiger partial charge in [-0.1, -0.05) is 23.4 Å². The van der Waals surface area contributed by atoms with Gasteiger partial charge in [-0.15, -0.1) is 5.10 Å². The lowest BCUT2D eigenvalue weighted by Crippen LogP contribution is -2.38. The minimum atomic E-state index is -0.361. The van der Waals surface area contributed by atoms with E-state index in [2.05, 4.69) is 20.3 Å². The highest BCUT2D eigenvalue weighted by molar-refractivity contribution is 5.94. The maximum Gasteiger partial charge on any atom is 0.281 e. The number of hydrogen-bond acceptors (Lipinski definition) is 6. The average Bonchev–Trinajstić information content (AvgIpc) is 3.27. The van der Waals surface area contributed by atoms with E-state index in [1.54, 1.807) is 48.4 Å². The summed E-state index contributed by atoms with van der Waals surface area (Å²) in [6.07, 6.45) is 1.32. The Labute approximate surface area is 194 Å². The van der Waals surface area contributed by atoms with Crippen molar-refractivity contribution in [3.05, 3.63) is 81.7 Å². The lowest BCUT2D eigenvalue weighted by molar-refractivity contribution is 0.0710. The molecule has 9 nitrogen and oxygen atoms in total. The number of halogens is 1. The maximum atomic E-state index is 13.6. The van der Waals surface area contributed by atoms with Gasteiger partial charge in [-0.05, 0) is 48.7 Å². The lowest BCUT2D eigenvalue weighted by atomic mass is 9.95. The van der Waals surface area contributed by atoms with E-state index < -0.39 is 0 Å². The number of carbonyl (C=O) groups excluding carboxylic acids is 1. The molecule has 2 aromatic heterocycles. The van der Waals surface area contributed by atoms with Gasteiger partial charge in [0.25, 0.3) is 11.5 Å². The van der Waals surface area contributed by atoms with Crippen LogP contribution in [0.25, 0.3) is 11.2 Å². The van der Waals surface area contributed by atoms with Crippen LogP contribution in [-0.2, 0) is 6.54 Å². The molecule has 1 fully saturated rings. The van der Waals surface area contributed by atoms with Crippen LogP contribution in [0.15, 0.2) is 53.3 Å². The number of nitrogens with one attached hydrogen (secondary N) is 1. The van der Waals surface area contributed by atoms with E-state index in [0.717, 1.165) is 0 Å². The van der Waals surface area contributed by atoms with Crippen LogP contribution in [0.3, 0.4) is 0 Å². The van der Waals surface area contributed by atoms with Gasteiger partial charge in [-0.2, -0.15) is 0 Å². The van der Waals surface area contributed by atoms with Crippen LogP contribution in [0, 0.1) is 5.82 Å². The molecule has 0 radical (unpaired) electrons. The Bertz CT molecular complexity index is 1410. The number of hydrogen-bond donors (Lipinski definition) is 1. The second kappa shape index (κ2) is 9.05. The summed E-state index contributed by atoms with van der Waals surface area (Å²) in [6, 6.07) is 13.3. The Balaban J connectivity index is 1.34. The number of rotatable bonds is 5. The number of carbonyl (C=O) groups is 1. The van der Waals surface area contributed by atoms with Gasteiger partial charge in [0.2, 0.25) is 0 Å². The van der Waals surface area contributed by atoms with E-state index in [1.165, 1.54) is 16.8 Å². The van der Waals surface area contributed by atoms with Gasteiger partial charge in [0.05, 0.1) is 13.7 Å². The Hall–Kier alpha value is -4.08. The summed E-state index contributed by atoms with van der Waals surface area (Å²) >= 11 is 0. The van der Waals surface area contributed by atoms with E-state index in [4.69, 9.17) is 4.74 Å². The molecule has 0 spiro atoms. The first-order valence-corrected chi connectivity index (χ1v) is 11.0. The summed E-state index contributed by atoms with van der Waals surface area (Å²) in [5.41, 5.74) is 1.42. The molecule has 10 heteroatoms. The normalized spacial score (nSPS) is 14.5. The summed E-state index contributed by atoms with van der Waals surface area (Å²) < 4.78 is 20.3. The minimum absolute atomic E-state index is 0.0102. The smallest absolute Gasteiger partial charge is 0.281 e. The Kier molecular flexibility index (Phi) is 5.79. The number of benzene rings is 2. The van der Waals surface area contributed by atoms with Crippen molar-refractivity contribution in [3.8, 4) is 5.75 Å². The molecule has 0 aliphatic carbocycles. The van der Waals surface area contributed by atoms with E-state index in [9.17, 15) is 14.0 Å². The van der Waals surface area contributed by atoms with Crippen molar-refractivity contribution in [2.24, 2.45) is 0 Å². The van der Waals surface area contributed by atoms with Gasteiger partial charge >= 0.3 is 0 Å². The fourth-order valence-corrected chi connectivity index (χ4v) is 4.29. The summed E-state index contributed by atoms with van der Waals surface area (Å²) in [4.78, 5) is 34.8. The van der Waals surface area contributed by atoms with Crippen LogP contribution in [0.2, 0.25) is 0 Å². The van der Waals surface area contributed by atoms with Gasteiger partial charge in [0, 0.05) is 24.6 Å². The van der Waals surface area contributed by atoms with Crippen LogP contribution in [0.1, 0.15) is 40.5 Å². The zero-order valence-electron chi connectivity index (χ0n) is 18.6. The van der Waals surface area contributed by atoms with Crippen molar-refractivity contribution in [1.82, 2.24) is 29.9 Å². The van der Waals surface area contributed by atoms with Crippen molar-refractivity contribution >= 4 is 17.1 Å². The quantitative estimate of drug-likeness (QED) is 0.489. The molecule has 1 N–H and O–H groups in total. The third kappa shape index (κ3) is 4.26. The van der Waals surface area contributed by atoms with Crippen LogP contribution in [0.4, 0.5) is 4.39 Å². The number of amides is 1. The van der Waals surface area contributed by atoms with E-state index >= 15 is 0 Å². The number of H-pyrrole nitrogens is 1. The molecule has 34 heavy (non-hydrogen) atoms. The highest BCUT2D eigenvalue weighted by Crippen LogP contribution is 2.27. The number of ether oxygens (including phenoxy) is 1. The minimum Gasteiger partial charge on any atom is -0.497 e. The first-order valence-electron chi connectivity index (χ1n) is 11.0. The van der Waals surface area contributed by atoms with E-state index in [1.807, 2.05) is 0 Å². The molecule has 3 heterocycles. The van der Waals surface area contributed by atoms with Crippen molar-refractivity contribution in [2.75, 3.05) is 20.2 Å². The topological polar surface area (TPSA) is 106 Å². The third-order valence-corrected chi connectivity index (χ3v) is 6.10. The highest BCUT2D eigenvalue weighted by atomic mass is 19.1. The summed E-state index contributed by atoms with van der Waals surface area (Å²) in [5.74, 6) is 0.785. The summed E-state index contributed by atoms with van der Waals surface area (Å²) in [6.45, 7) is 1.34. The number of piperidine rings is 1. The first-order chi connectivity index (χ1) is 16.5. The summed E-state index contributed by atoms with van der Waals surface area (Å²) in [5, 5.41) is 8.00. The SMILES string of the molecule is COc1cccc(C(=O)N2CCC(c3nc4c(nnn4Cc4cccc(F)c4)c(=O)[nH]3)CC2)c1. The predicted molar refractivity (Wildman–Crippen MR) is 122 cm³/mol. The molecule has 4 aromatic rings. The van der Waals surface area contributed by atoms with Gasteiger partial charge in [0.1, 0.15) is 17.4 Å². The monoisotopic (exact) mass is 462 g/mol. The zero-order valence-corrected chi connectivity index (χ0v) is 18.6. The van der Waals surface area contributed by atoms with Crippen molar-refractivity contribution < 1.29 is 13.9 Å². The Morgan fingerprint density at radius 2 is 1.97 bits per heavy atom. The highest BCUT2D eigenvalue weighted by Gasteiger charge is 2.27. The standard InChI is InChI=1S/C24H23FN6O3/c1-34-19-7-3-5-17(13-19)24(33)30-10-8-16(9-11-30)21-26-22-20(23(32)27-21)28-29-31(22)14-15-4-2-6-18(25)12-15/h2-7,12-13,16H,8-11,14H2,1H3,(H,26,27,32). The molecule has 5 rings (SSSR count). The van der Waals surface area contributed by atoms with E-state index in [0.29, 0.717) is 54.3 Å². The van der Waals surface area contributed by atoms with E-state index in [-0.39, 0.29) is 35.3 Å². The molecule has 1 saturated heterocycles. The molecule has 0 bridgehead atoms. The number of aromatic amines is 1. The molecule has 2 aromatic carbocycles. The fourth-order valence-electron chi connectivity index (χ4n) is 4.29. The number of fused-ring (bicyclic) bond motifs is 1. The molecule has 1 aliphatic rings. The lowest BCUT2D eigenvalue weighted by Gasteiger charge is -2.31. The predicted octanol–water partition coefficient (Wildman–Crippen LogP) is 2.73. The van der Waals surface area contributed by atoms with Gasteiger partial charge in [-0.25, -0.2) is 14.1 Å². The van der Waals surface area contributed by atoms with Gasteiger partial charge < -0.3 is 14.6 Å². The third-order valence-electron chi connectivity index (χ3n) is 6.10. The largest absolute Gasteiger partial charge is 0.497 e. The van der Waals surface area contributed by atoms with Crippen molar-refractivity contribution in [2.45, 2.75) is 25.3 Å². The first kappa shape index (κ1) is 21.7. The average molecular weight is 462 g/mol. The molecule has 1 aliphatic heterocycles. The van der Waals surface area contributed by atoms with Crippen LogP contribution in [-0.4, -0.2) is 56.0 Å². The Morgan fingerprint density at radius 1 is 1.18 bits per heavy atom. The molecular weight excluding hydrogens is 439 g/mol. The molecule has 0 atom stereocenters. The molecule has 0 saturated carbocycles. The van der Waals surface area contributed by atoms with Crippen LogP contribution in [0.5, 0.6) is 5.75 Å². The molecule has 1 amide bonds. The number of likely N-dealkylation sites (tertiary alicyclic amines) is 1. The van der Waals surface area contributed by atoms with Crippen LogP contribution >= 0.6 is 0 Å². The maximum absolute atomic E-state index is 13.6. The van der Waals surface area contributed by atoms with Gasteiger partial charge in [-0.3, -0.25) is 9.59 Å². The van der Waals surface area contributed by atoms with Crippen LogP contribution < -0.4 is 10.3 Å². The molecule has 0 unspecified atom stereocenters. The molecular formula is C24H23FN6O3. The zero-order chi connectivity index (χ0) is 23.7. The summed E-state index contributed by atoms with van der Waals surface area (Å²) in [7, 11) is 1.57. The molecule has 174 valence electrons. The van der Waals surface area contributed by atoms with Gasteiger partial charge in [0.15, 0.2) is 11.2 Å². The number of methoxy groups -OCH3 is 1. The van der Waals surface area contributed by atoms with Crippen molar-refractivity contribution in [1.29, 1.82) is 0 Å². The Morgan fingerprint density at radius 3 is 2.74 bits per heavy atom. The number of nitrogens with zero attached hydrogens (tertiary/aromatic N) is 5.